The highest BCUT2D eigenvalue weighted by molar-refractivity contribution is 5.21. The van der Waals surface area contributed by atoms with Crippen LogP contribution in [0.3, 0.4) is 0 Å². The molecule has 0 heteroatoms. The predicted octanol–water partition coefficient (Wildman–Crippen LogP) is 4.11. The van der Waals surface area contributed by atoms with Gasteiger partial charge in [-0.05, 0) is 20.8 Å². The second-order valence-electron chi connectivity index (χ2n) is 2.36. The van der Waals surface area contributed by atoms with E-state index in [9.17, 15) is 0 Å². The second kappa shape index (κ2) is 9.22. The van der Waals surface area contributed by atoms with Gasteiger partial charge in [-0.15, -0.1) is 0 Å². The minimum Gasteiger partial charge on any atom is -0.0988 e. The summed E-state index contributed by atoms with van der Waals surface area (Å²) in [5, 5.41) is 0. The highest BCUT2D eigenvalue weighted by Gasteiger charge is 1.74. The fraction of sp³-hybridized carbons (Fsp3) is 0.455. The molecule has 0 heterocycles. The quantitative estimate of drug-likeness (QED) is 0.522. The molecule has 11 heavy (non-hydrogen) atoms. The molecule has 0 aliphatic rings. The molecule has 0 aromatic rings. The van der Waals surface area contributed by atoms with Gasteiger partial charge in [0, 0.05) is 0 Å². The third-order valence-electron chi connectivity index (χ3n) is 1.00. The van der Waals surface area contributed by atoms with Crippen LogP contribution in [0.1, 0.15) is 34.6 Å². The number of hydrogen-bond donors (Lipinski definition) is 0. The molecular formula is C11H20. The molecule has 0 rings (SSSR count). The van der Waals surface area contributed by atoms with Gasteiger partial charge < -0.3 is 0 Å². The lowest BCUT2D eigenvalue weighted by atomic mass is 10.2. The molecule has 0 N–H and O–H groups in total. The van der Waals surface area contributed by atoms with E-state index in [1.807, 2.05) is 26.8 Å². The van der Waals surface area contributed by atoms with Gasteiger partial charge in [-0.1, -0.05) is 49.8 Å². The molecule has 0 aromatic carbocycles. The summed E-state index contributed by atoms with van der Waals surface area (Å²) in [7, 11) is 0. The minimum atomic E-state index is 1.20. The van der Waals surface area contributed by atoms with Crippen LogP contribution in [0.2, 0.25) is 0 Å². The van der Waals surface area contributed by atoms with Crippen molar-refractivity contribution in [3.05, 3.63) is 36.0 Å². The van der Waals surface area contributed by atoms with Crippen molar-refractivity contribution >= 4 is 0 Å². The molecule has 0 radical (unpaired) electrons. The highest BCUT2D eigenvalue weighted by Crippen LogP contribution is 1.96. The van der Waals surface area contributed by atoms with Crippen LogP contribution in [-0.2, 0) is 0 Å². The van der Waals surface area contributed by atoms with E-state index in [0.717, 1.165) is 0 Å². The Labute approximate surface area is 71.3 Å². The Hall–Kier alpha value is -0.780. The Morgan fingerprint density at radius 3 is 1.73 bits per heavy atom. The van der Waals surface area contributed by atoms with Gasteiger partial charge in [0.2, 0.25) is 0 Å². The summed E-state index contributed by atoms with van der Waals surface area (Å²) in [6.45, 7) is 13.8. The van der Waals surface area contributed by atoms with Crippen molar-refractivity contribution in [1.82, 2.24) is 0 Å². The largest absolute Gasteiger partial charge is 0.0988 e. The lowest BCUT2D eigenvalue weighted by Crippen LogP contribution is -1.64. The summed E-state index contributed by atoms with van der Waals surface area (Å²) < 4.78 is 0. The molecule has 0 unspecified atom stereocenters. The number of rotatable bonds is 2. The molecule has 0 amide bonds. The molecular weight excluding hydrogens is 132 g/mol. The van der Waals surface area contributed by atoms with Crippen molar-refractivity contribution in [2.24, 2.45) is 0 Å². The third kappa shape index (κ3) is 12.4. The van der Waals surface area contributed by atoms with E-state index in [0.29, 0.717) is 0 Å². The first-order valence-electron chi connectivity index (χ1n) is 4.11. The Morgan fingerprint density at radius 1 is 1.00 bits per heavy atom. The average Bonchev–Trinajstić information content (AvgIpc) is 2.04. The molecule has 0 aromatic heterocycles. The summed E-state index contributed by atoms with van der Waals surface area (Å²) in [5.74, 6) is 0. The molecule has 0 bridgehead atoms. The predicted molar refractivity (Wildman–Crippen MR) is 54.7 cm³/mol. The van der Waals surface area contributed by atoms with Crippen LogP contribution in [0.5, 0.6) is 0 Å². The van der Waals surface area contributed by atoms with Gasteiger partial charge in [-0.2, -0.15) is 0 Å². The maximum atomic E-state index is 3.64. The normalized spacial score (nSPS) is 9.36. The van der Waals surface area contributed by atoms with E-state index in [4.69, 9.17) is 0 Å². The van der Waals surface area contributed by atoms with Gasteiger partial charge in [0.15, 0.2) is 0 Å². The Morgan fingerprint density at radius 2 is 1.45 bits per heavy atom. The van der Waals surface area contributed by atoms with E-state index in [1.54, 1.807) is 0 Å². The van der Waals surface area contributed by atoms with Crippen molar-refractivity contribution < 1.29 is 0 Å². The van der Waals surface area contributed by atoms with Crippen LogP contribution in [0.25, 0.3) is 0 Å². The van der Waals surface area contributed by atoms with Gasteiger partial charge >= 0.3 is 0 Å². The molecule has 0 aliphatic carbocycles. The SMILES string of the molecule is C=C/C(C)=C/C=C(C)C.CC. The van der Waals surface area contributed by atoms with E-state index in [1.165, 1.54) is 11.1 Å². The first-order valence-corrected chi connectivity index (χ1v) is 4.11. The monoisotopic (exact) mass is 152 g/mol. The van der Waals surface area contributed by atoms with Crippen LogP contribution in [-0.4, -0.2) is 0 Å². The van der Waals surface area contributed by atoms with Gasteiger partial charge in [-0.3, -0.25) is 0 Å². The van der Waals surface area contributed by atoms with Crippen LogP contribution < -0.4 is 0 Å². The van der Waals surface area contributed by atoms with Crippen LogP contribution in [0.4, 0.5) is 0 Å². The van der Waals surface area contributed by atoms with Crippen LogP contribution >= 0.6 is 0 Å². The molecule has 0 aliphatic heterocycles. The van der Waals surface area contributed by atoms with Crippen LogP contribution in [0.15, 0.2) is 36.0 Å². The Bertz CT molecular complexity index is 143. The lowest BCUT2D eigenvalue weighted by Gasteiger charge is -1.86. The molecule has 0 saturated carbocycles. The minimum absolute atomic E-state index is 1.20. The van der Waals surface area contributed by atoms with Crippen molar-refractivity contribution in [2.45, 2.75) is 34.6 Å². The summed E-state index contributed by atoms with van der Waals surface area (Å²) in [6.07, 6.45) is 5.98. The van der Waals surface area contributed by atoms with E-state index < -0.39 is 0 Å². The fourth-order valence-electron chi connectivity index (χ4n) is 0.366. The van der Waals surface area contributed by atoms with Crippen LogP contribution in [0, 0.1) is 0 Å². The summed E-state index contributed by atoms with van der Waals surface area (Å²) in [5.41, 5.74) is 2.52. The Balaban J connectivity index is 0. The van der Waals surface area contributed by atoms with E-state index >= 15 is 0 Å². The maximum absolute atomic E-state index is 3.64. The lowest BCUT2D eigenvalue weighted by molar-refractivity contribution is 1.38. The molecule has 0 nitrogen and oxygen atoms in total. The smallest absolute Gasteiger partial charge is 0.0398 e. The van der Waals surface area contributed by atoms with Crippen molar-refractivity contribution in [3.63, 3.8) is 0 Å². The zero-order valence-electron chi connectivity index (χ0n) is 8.44. The molecule has 64 valence electrons. The topological polar surface area (TPSA) is 0 Å². The number of hydrogen-bond acceptors (Lipinski definition) is 0. The molecule has 0 saturated heterocycles. The van der Waals surface area contributed by atoms with Gasteiger partial charge in [0.05, 0.1) is 0 Å². The zero-order valence-corrected chi connectivity index (χ0v) is 8.44. The fourth-order valence-corrected chi connectivity index (χ4v) is 0.366. The van der Waals surface area contributed by atoms with Crippen molar-refractivity contribution in [2.75, 3.05) is 0 Å². The summed E-state index contributed by atoms with van der Waals surface area (Å²) in [6, 6.07) is 0. The van der Waals surface area contributed by atoms with E-state index in [-0.39, 0.29) is 0 Å². The molecule has 0 fully saturated rings. The second-order valence-corrected chi connectivity index (χ2v) is 2.36. The maximum Gasteiger partial charge on any atom is -0.0398 e. The first-order chi connectivity index (χ1) is 5.16. The summed E-state index contributed by atoms with van der Waals surface area (Å²) >= 11 is 0. The van der Waals surface area contributed by atoms with Gasteiger partial charge in [-0.25, -0.2) is 0 Å². The van der Waals surface area contributed by atoms with Crippen molar-refractivity contribution in [1.29, 1.82) is 0 Å². The molecule has 0 atom stereocenters. The summed E-state index contributed by atoms with van der Waals surface area (Å²) in [4.78, 5) is 0. The number of allylic oxidation sites excluding steroid dienone is 5. The van der Waals surface area contributed by atoms with Gasteiger partial charge in [0.25, 0.3) is 0 Å². The third-order valence-corrected chi connectivity index (χ3v) is 1.00. The van der Waals surface area contributed by atoms with Crippen molar-refractivity contribution in [3.8, 4) is 0 Å². The standard InChI is InChI=1S/C9H14.C2H6/c1-5-9(4)7-6-8(2)3;1-2/h5-7H,1H2,2-4H3;1-2H3/b9-7+;. The molecule has 0 spiro atoms. The van der Waals surface area contributed by atoms with Gasteiger partial charge in [0.1, 0.15) is 0 Å². The average molecular weight is 152 g/mol. The Kier molecular flexibility index (Phi) is 10.8. The zero-order chi connectivity index (χ0) is 9.28. The first kappa shape index (κ1) is 12.9. The van der Waals surface area contributed by atoms with E-state index in [2.05, 4.69) is 32.6 Å². The highest BCUT2D eigenvalue weighted by atomic mass is 13.8.